The van der Waals surface area contributed by atoms with Crippen LogP contribution in [0.1, 0.15) is 31.7 Å². The fourth-order valence-corrected chi connectivity index (χ4v) is 3.03. The van der Waals surface area contributed by atoms with Crippen molar-refractivity contribution in [2.45, 2.75) is 26.2 Å². The number of aromatic nitrogens is 1. The highest BCUT2D eigenvalue weighted by atomic mass is 15.1. The van der Waals surface area contributed by atoms with Crippen molar-refractivity contribution in [1.29, 1.82) is 5.41 Å². The van der Waals surface area contributed by atoms with Gasteiger partial charge >= 0.3 is 0 Å². The first-order valence-corrected chi connectivity index (χ1v) is 7.67. The summed E-state index contributed by atoms with van der Waals surface area (Å²) in [4.78, 5) is 6.81. The van der Waals surface area contributed by atoms with Crippen molar-refractivity contribution in [3.05, 3.63) is 36.0 Å². The van der Waals surface area contributed by atoms with Gasteiger partial charge in [-0.1, -0.05) is 24.6 Å². The number of benzene rings is 1. The number of anilines is 1. The topological polar surface area (TPSA) is 66.0 Å². The molecule has 4 heteroatoms. The highest BCUT2D eigenvalue weighted by molar-refractivity contribution is 6.07. The molecule has 2 aromatic rings. The molecule has 0 spiro atoms. The van der Waals surface area contributed by atoms with Gasteiger partial charge in [-0.05, 0) is 31.7 Å². The van der Waals surface area contributed by atoms with E-state index in [1.165, 1.54) is 19.3 Å². The largest absolute Gasteiger partial charge is 0.384 e. The SMILES string of the molecule is CCN(CC1CCC1)c1c(C(=N)N)cnc2ccccc12. The lowest BCUT2D eigenvalue weighted by Crippen LogP contribution is -2.34. The first-order chi connectivity index (χ1) is 10.2. The molecule has 110 valence electrons. The molecule has 1 fully saturated rings. The smallest absolute Gasteiger partial charge is 0.126 e. The fraction of sp³-hybridized carbons (Fsp3) is 0.412. The number of nitrogens with one attached hydrogen (secondary N) is 1. The van der Waals surface area contributed by atoms with E-state index >= 15 is 0 Å². The van der Waals surface area contributed by atoms with Gasteiger partial charge in [-0.3, -0.25) is 10.4 Å². The predicted molar refractivity (Wildman–Crippen MR) is 88.0 cm³/mol. The maximum absolute atomic E-state index is 7.87. The molecule has 1 saturated carbocycles. The number of rotatable bonds is 5. The lowest BCUT2D eigenvalue weighted by atomic mass is 9.85. The summed E-state index contributed by atoms with van der Waals surface area (Å²) in [6.07, 6.45) is 5.71. The van der Waals surface area contributed by atoms with Crippen molar-refractivity contribution in [3.63, 3.8) is 0 Å². The molecule has 0 radical (unpaired) electrons. The summed E-state index contributed by atoms with van der Waals surface area (Å²) in [6, 6.07) is 8.11. The molecule has 0 amide bonds. The summed E-state index contributed by atoms with van der Waals surface area (Å²) in [5.74, 6) is 0.868. The van der Waals surface area contributed by atoms with E-state index in [1.54, 1.807) is 6.20 Å². The van der Waals surface area contributed by atoms with Gasteiger partial charge in [0, 0.05) is 24.7 Å². The number of nitrogen functional groups attached to an aromatic ring is 1. The Balaban J connectivity index is 2.11. The highest BCUT2D eigenvalue weighted by Crippen LogP contribution is 2.33. The Bertz CT molecular complexity index is 661. The van der Waals surface area contributed by atoms with Crippen molar-refractivity contribution < 1.29 is 0 Å². The third kappa shape index (κ3) is 2.58. The molecule has 4 nitrogen and oxygen atoms in total. The second-order valence-corrected chi connectivity index (χ2v) is 5.79. The summed E-state index contributed by atoms with van der Waals surface area (Å²) in [6.45, 7) is 4.13. The van der Waals surface area contributed by atoms with Crippen LogP contribution in [0.3, 0.4) is 0 Å². The summed E-state index contributed by atoms with van der Waals surface area (Å²) < 4.78 is 0. The Kier molecular flexibility index (Phi) is 3.78. The molecular formula is C17H22N4. The number of hydrogen-bond donors (Lipinski definition) is 2. The molecular weight excluding hydrogens is 260 g/mol. The quantitative estimate of drug-likeness (QED) is 0.654. The number of amidine groups is 1. The minimum Gasteiger partial charge on any atom is -0.384 e. The maximum atomic E-state index is 7.87. The Morgan fingerprint density at radius 1 is 1.38 bits per heavy atom. The lowest BCUT2D eigenvalue weighted by Gasteiger charge is -2.34. The number of nitrogens with two attached hydrogens (primary N) is 1. The van der Waals surface area contributed by atoms with E-state index in [0.29, 0.717) is 0 Å². The Hall–Kier alpha value is -2.10. The predicted octanol–water partition coefficient (Wildman–Crippen LogP) is 3.15. The van der Waals surface area contributed by atoms with Crippen molar-refractivity contribution in [2.24, 2.45) is 11.7 Å². The molecule has 0 bridgehead atoms. The van der Waals surface area contributed by atoms with Gasteiger partial charge in [0.2, 0.25) is 0 Å². The van der Waals surface area contributed by atoms with Gasteiger partial charge in [0.05, 0.1) is 16.8 Å². The first kappa shape index (κ1) is 13.9. The summed E-state index contributed by atoms with van der Waals surface area (Å²) in [5, 5.41) is 8.96. The van der Waals surface area contributed by atoms with E-state index in [9.17, 15) is 0 Å². The van der Waals surface area contributed by atoms with Crippen molar-refractivity contribution in [2.75, 3.05) is 18.0 Å². The minimum absolute atomic E-state index is 0.0929. The van der Waals surface area contributed by atoms with Crippen LogP contribution in [0.15, 0.2) is 30.5 Å². The van der Waals surface area contributed by atoms with Crippen LogP contribution in [0.2, 0.25) is 0 Å². The summed E-state index contributed by atoms with van der Waals surface area (Å²) in [7, 11) is 0. The van der Waals surface area contributed by atoms with Gasteiger partial charge in [0.25, 0.3) is 0 Å². The average molecular weight is 282 g/mol. The molecule has 0 saturated heterocycles. The van der Waals surface area contributed by atoms with Gasteiger partial charge in [-0.2, -0.15) is 0 Å². The number of hydrogen-bond acceptors (Lipinski definition) is 3. The van der Waals surface area contributed by atoms with E-state index < -0.39 is 0 Å². The van der Waals surface area contributed by atoms with Crippen molar-refractivity contribution >= 4 is 22.4 Å². The third-order valence-electron chi connectivity index (χ3n) is 4.44. The molecule has 1 aliphatic carbocycles. The van der Waals surface area contributed by atoms with E-state index in [1.807, 2.05) is 18.2 Å². The van der Waals surface area contributed by atoms with E-state index in [4.69, 9.17) is 11.1 Å². The van der Waals surface area contributed by atoms with Crippen LogP contribution in [-0.2, 0) is 0 Å². The fourth-order valence-electron chi connectivity index (χ4n) is 3.03. The number of nitrogens with zero attached hydrogens (tertiary/aromatic N) is 2. The van der Waals surface area contributed by atoms with Gasteiger partial charge in [-0.25, -0.2) is 0 Å². The standard InChI is InChI=1S/C17H22N4/c1-2-21(11-12-6-5-7-12)16-13-8-3-4-9-15(13)20-10-14(16)17(18)19/h3-4,8-10,12H,2,5-7,11H2,1H3,(H3,18,19). The molecule has 3 rings (SSSR count). The number of fused-ring (bicyclic) bond motifs is 1. The first-order valence-electron chi connectivity index (χ1n) is 7.67. The second-order valence-electron chi connectivity index (χ2n) is 5.79. The Labute approximate surface area is 125 Å². The van der Waals surface area contributed by atoms with E-state index in [-0.39, 0.29) is 5.84 Å². The van der Waals surface area contributed by atoms with Gasteiger partial charge in [-0.15, -0.1) is 0 Å². The van der Waals surface area contributed by atoms with Crippen LogP contribution in [0.5, 0.6) is 0 Å². The Morgan fingerprint density at radius 3 is 2.76 bits per heavy atom. The molecule has 3 N–H and O–H groups in total. The van der Waals surface area contributed by atoms with Gasteiger partial charge in [0.15, 0.2) is 0 Å². The van der Waals surface area contributed by atoms with Crippen LogP contribution in [-0.4, -0.2) is 23.9 Å². The highest BCUT2D eigenvalue weighted by Gasteiger charge is 2.23. The molecule has 1 heterocycles. The summed E-state index contributed by atoms with van der Waals surface area (Å²) >= 11 is 0. The molecule has 1 aromatic carbocycles. The van der Waals surface area contributed by atoms with Crippen LogP contribution in [0, 0.1) is 11.3 Å². The van der Waals surface area contributed by atoms with E-state index in [0.717, 1.165) is 41.2 Å². The lowest BCUT2D eigenvalue weighted by molar-refractivity contribution is 0.318. The normalized spacial score (nSPS) is 14.9. The van der Waals surface area contributed by atoms with Crippen LogP contribution < -0.4 is 10.6 Å². The number of para-hydroxylation sites is 1. The zero-order chi connectivity index (χ0) is 14.8. The molecule has 0 aliphatic heterocycles. The second kappa shape index (κ2) is 5.72. The monoisotopic (exact) mass is 282 g/mol. The Morgan fingerprint density at radius 2 is 2.14 bits per heavy atom. The van der Waals surface area contributed by atoms with Crippen molar-refractivity contribution in [1.82, 2.24) is 4.98 Å². The third-order valence-corrected chi connectivity index (χ3v) is 4.44. The van der Waals surface area contributed by atoms with Crippen molar-refractivity contribution in [3.8, 4) is 0 Å². The molecule has 1 aliphatic rings. The van der Waals surface area contributed by atoms with Gasteiger partial charge in [0.1, 0.15) is 5.84 Å². The minimum atomic E-state index is 0.0929. The molecule has 0 atom stereocenters. The van der Waals surface area contributed by atoms with Gasteiger partial charge < -0.3 is 10.6 Å². The van der Waals surface area contributed by atoms with Crippen LogP contribution in [0.4, 0.5) is 5.69 Å². The average Bonchev–Trinajstić information content (AvgIpc) is 2.45. The maximum Gasteiger partial charge on any atom is 0.126 e. The zero-order valence-corrected chi connectivity index (χ0v) is 12.5. The van der Waals surface area contributed by atoms with E-state index in [2.05, 4.69) is 22.9 Å². The molecule has 1 aromatic heterocycles. The molecule has 21 heavy (non-hydrogen) atoms. The van der Waals surface area contributed by atoms with Crippen LogP contribution in [0.25, 0.3) is 10.9 Å². The molecule has 0 unspecified atom stereocenters. The summed E-state index contributed by atoms with van der Waals surface area (Å²) in [5.41, 5.74) is 8.57. The zero-order valence-electron chi connectivity index (χ0n) is 12.5. The number of pyridine rings is 1. The van der Waals surface area contributed by atoms with Crippen LogP contribution >= 0.6 is 0 Å².